The van der Waals surface area contributed by atoms with Gasteiger partial charge < -0.3 is 10.3 Å². The molecular weight excluding hydrogens is 281 g/mol. The molecule has 2 aromatic heterocycles. The molecule has 0 unspecified atom stereocenters. The second-order valence-corrected chi connectivity index (χ2v) is 5.60. The first-order valence-corrected chi connectivity index (χ1v) is 7.49. The van der Waals surface area contributed by atoms with Crippen molar-refractivity contribution in [1.29, 1.82) is 0 Å². The van der Waals surface area contributed by atoms with Crippen LogP contribution in [0.25, 0.3) is 11.0 Å². The lowest BCUT2D eigenvalue weighted by molar-refractivity contribution is 0.629. The van der Waals surface area contributed by atoms with E-state index in [0.717, 1.165) is 34.9 Å². The van der Waals surface area contributed by atoms with E-state index in [1.807, 2.05) is 6.07 Å². The molecule has 0 aliphatic heterocycles. The van der Waals surface area contributed by atoms with E-state index in [4.69, 9.17) is 0 Å². The number of hydrogen-bond donors (Lipinski definition) is 2. The largest absolute Gasteiger partial charge is 0.370 e. The second kappa shape index (κ2) is 5.36. The van der Waals surface area contributed by atoms with Crippen molar-refractivity contribution in [1.82, 2.24) is 19.9 Å². The summed E-state index contributed by atoms with van der Waals surface area (Å²) in [6.45, 7) is 0.712. The molecule has 1 aliphatic rings. The van der Waals surface area contributed by atoms with E-state index >= 15 is 0 Å². The summed E-state index contributed by atoms with van der Waals surface area (Å²) in [5.74, 6) is 2.91. The van der Waals surface area contributed by atoms with Crippen LogP contribution in [0.2, 0.25) is 0 Å². The number of halogens is 1. The Hall–Kier alpha value is -2.50. The molecule has 0 amide bonds. The van der Waals surface area contributed by atoms with E-state index in [2.05, 4.69) is 25.3 Å². The zero-order chi connectivity index (χ0) is 14.9. The first kappa shape index (κ1) is 13.2. The maximum Gasteiger partial charge on any atom is 0.133 e. The lowest BCUT2D eigenvalue weighted by atomic mass is 10.3. The van der Waals surface area contributed by atoms with Crippen LogP contribution in [0.1, 0.15) is 30.4 Å². The molecule has 0 saturated heterocycles. The average Bonchev–Trinajstić information content (AvgIpc) is 3.29. The molecule has 22 heavy (non-hydrogen) atoms. The van der Waals surface area contributed by atoms with Crippen LogP contribution in [0.5, 0.6) is 0 Å². The van der Waals surface area contributed by atoms with Gasteiger partial charge in [-0.25, -0.2) is 19.3 Å². The van der Waals surface area contributed by atoms with Crippen molar-refractivity contribution in [2.75, 3.05) is 11.9 Å². The van der Waals surface area contributed by atoms with Crippen LogP contribution in [0.4, 0.5) is 10.2 Å². The maximum absolute atomic E-state index is 13.2. The molecule has 1 fully saturated rings. The summed E-state index contributed by atoms with van der Waals surface area (Å²) >= 11 is 0. The quantitative estimate of drug-likeness (QED) is 0.759. The number of aromatic nitrogens is 4. The zero-order valence-electron chi connectivity index (χ0n) is 12.0. The summed E-state index contributed by atoms with van der Waals surface area (Å²) in [6, 6.07) is 6.45. The third kappa shape index (κ3) is 2.77. The molecule has 0 atom stereocenters. The number of H-pyrrole nitrogens is 1. The fraction of sp³-hybridized carbons (Fsp3) is 0.312. The normalized spacial score (nSPS) is 14.4. The van der Waals surface area contributed by atoms with Gasteiger partial charge in [-0.1, -0.05) is 0 Å². The highest BCUT2D eigenvalue weighted by Gasteiger charge is 2.26. The zero-order valence-corrected chi connectivity index (χ0v) is 12.0. The van der Waals surface area contributed by atoms with Crippen molar-refractivity contribution >= 4 is 16.9 Å². The highest BCUT2D eigenvalue weighted by molar-refractivity contribution is 5.74. The van der Waals surface area contributed by atoms with Crippen LogP contribution < -0.4 is 5.32 Å². The molecule has 1 saturated carbocycles. The first-order chi connectivity index (χ1) is 10.8. The number of anilines is 1. The van der Waals surface area contributed by atoms with Gasteiger partial charge in [-0.2, -0.15) is 0 Å². The smallest absolute Gasteiger partial charge is 0.133 e. The fourth-order valence-corrected chi connectivity index (χ4v) is 2.47. The molecule has 1 aromatic carbocycles. The number of aromatic amines is 1. The monoisotopic (exact) mass is 297 g/mol. The Bertz CT molecular complexity index is 809. The number of nitrogens with one attached hydrogen (secondary N) is 2. The van der Waals surface area contributed by atoms with Crippen LogP contribution in [0, 0.1) is 5.82 Å². The van der Waals surface area contributed by atoms with E-state index in [-0.39, 0.29) is 5.82 Å². The molecule has 4 rings (SSSR count). The summed E-state index contributed by atoms with van der Waals surface area (Å²) in [5.41, 5.74) is 1.52. The van der Waals surface area contributed by atoms with Crippen molar-refractivity contribution in [2.45, 2.75) is 25.2 Å². The number of fused-ring (bicyclic) bond motifs is 1. The maximum atomic E-state index is 13.2. The van der Waals surface area contributed by atoms with Crippen molar-refractivity contribution in [3.8, 4) is 0 Å². The van der Waals surface area contributed by atoms with Gasteiger partial charge in [0, 0.05) is 25.1 Å². The Labute approximate surface area is 127 Å². The van der Waals surface area contributed by atoms with Crippen molar-refractivity contribution in [3.05, 3.63) is 47.9 Å². The van der Waals surface area contributed by atoms with Crippen LogP contribution in [0.3, 0.4) is 0 Å². The Morgan fingerprint density at radius 3 is 3.00 bits per heavy atom. The van der Waals surface area contributed by atoms with Gasteiger partial charge >= 0.3 is 0 Å². The highest BCUT2D eigenvalue weighted by atomic mass is 19.1. The number of benzene rings is 1. The summed E-state index contributed by atoms with van der Waals surface area (Å²) in [6.07, 6.45) is 4.91. The SMILES string of the molecule is Fc1ccc2nc(CCNc3ccnc(C4CC4)n3)[nH]c2c1. The Balaban J connectivity index is 1.40. The number of imidazole rings is 1. The fourth-order valence-electron chi connectivity index (χ4n) is 2.47. The summed E-state index contributed by atoms with van der Waals surface area (Å²) in [5, 5.41) is 3.29. The van der Waals surface area contributed by atoms with Gasteiger partial charge in [0.2, 0.25) is 0 Å². The van der Waals surface area contributed by atoms with Crippen LogP contribution in [-0.2, 0) is 6.42 Å². The minimum atomic E-state index is -0.255. The summed E-state index contributed by atoms with van der Waals surface area (Å²) < 4.78 is 13.2. The Kier molecular flexibility index (Phi) is 3.21. The summed E-state index contributed by atoms with van der Waals surface area (Å²) in [4.78, 5) is 16.4. The van der Waals surface area contributed by atoms with Gasteiger partial charge in [0.15, 0.2) is 0 Å². The molecule has 2 N–H and O–H groups in total. The minimum absolute atomic E-state index is 0.255. The average molecular weight is 297 g/mol. The summed E-state index contributed by atoms with van der Waals surface area (Å²) in [7, 11) is 0. The molecular formula is C16H16FN5. The minimum Gasteiger partial charge on any atom is -0.370 e. The molecule has 2 heterocycles. The Morgan fingerprint density at radius 1 is 1.23 bits per heavy atom. The van der Waals surface area contributed by atoms with Crippen LogP contribution in [-0.4, -0.2) is 26.5 Å². The third-order valence-corrected chi connectivity index (χ3v) is 3.78. The first-order valence-electron chi connectivity index (χ1n) is 7.49. The molecule has 1 aliphatic carbocycles. The van der Waals surface area contributed by atoms with Gasteiger partial charge in [0.1, 0.15) is 23.3 Å². The second-order valence-electron chi connectivity index (χ2n) is 5.60. The lowest BCUT2D eigenvalue weighted by Gasteiger charge is -2.05. The number of hydrogen-bond acceptors (Lipinski definition) is 4. The van der Waals surface area contributed by atoms with E-state index in [0.29, 0.717) is 12.5 Å². The molecule has 6 heteroatoms. The van der Waals surface area contributed by atoms with E-state index in [1.54, 1.807) is 12.3 Å². The van der Waals surface area contributed by atoms with Gasteiger partial charge in [-0.3, -0.25) is 0 Å². The molecule has 0 bridgehead atoms. The Morgan fingerprint density at radius 2 is 2.14 bits per heavy atom. The van der Waals surface area contributed by atoms with Gasteiger partial charge in [0.05, 0.1) is 11.0 Å². The topological polar surface area (TPSA) is 66.5 Å². The highest BCUT2D eigenvalue weighted by Crippen LogP contribution is 2.37. The van der Waals surface area contributed by atoms with Crippen molar-refractivity contribution in [3.63, 3.8) is 0 Å². The standard InChI is InChI=1S/C16H16FN5/c17-11-3-4-12-13(9-11)21-15(20-12)6-7-18-14-5-8-19-16(22-14)10-1-2-10/h3-5,8-10H,1-2,6-7H2,(H,20,21)(H,18,19,22). The van der Waals surface area contributed by atoms with E-state index < -0.39 is 0 Å². The van der Waals surface area contributed by atoms with Gasteiger partial charge in [-0.05, 0) is 37.1 Å². The molecule has 0 radical (unpaired) electrons. The third-order valence-electron chi connectivity index (χ3n) is 3.78. The van der Waals surface area contributed by atoms with Crippen LogP contribution >= 0.6 is 0 Å². The molecule has 3 aromatic rings. The van der Waals surface area contributed by atoms with Gasteiger partial charge in [-0.15, -0.1) is 0 Å². The van der Waals surface area contributed by atoms with Crippen molar-refractivity contribution < 1.29 is 4.39 Å². The number of nitrogens with zero attached hydrogens (tertiary/aromatic N) is 3. The molecule has 5 nitrogen and oxygen atoms in total. The molecule has 112 valence electrons. The lowest BCUT2D eigenvalue weighted by Crippen LogP contribution is -2.08. The number of rotatable bonds is 5. The van der Waals surface area contributed by atoms with Crippen LogP contribution in [0.15, 0.2) is 30.5 Å². The van der Waals surface area contributed by atoms with Crippen molar-refractivity contribution in [2.24, 2.45) is 0 Å². The van der Waals surface area contributed by atoms with E-state index in [1.165, 1.54) is 25.0 Å². The van der Waals surface area contributed by atoms with Gasteiger partial charge in [0.25, 0.3) is 0 Å². The predicted molar refractivity (Wildman–Crippen MR) is 82.3 cm³/mol. The van der Waals surface area contributed by atoms with E-state index in [9.17, 15) is 4.39 Å². The molecule has 0 spiro atoms. The predicted octanol–water partition coefficient (Wildman–Crippen LogP) is 3.02.